The van der Waals surface area contributed by atoms with E-state index >= 15 is 0 Å². The fraction of sp³-hybridized carbons (Fsp3) is 0.545. The summed E-state index contributed by atoms with van der Waals surface area (Å²) in [5, 5.41) is 14.2. The van der Waals surface area contributed by atoms with Crippen molar-refractivity contribution >= 4 is 5.82 Å². The number of hydrogen-bond donors (Lipinski definition) is 0. The molecule has 0 radical (unpaired) electrons. The normalized spacial score (nSPS) is 19.6. The quantitative estimate of drug-likeness (QED) is 0.796. The minimum Gasteiger partial charge on any atom is -0.376 e. The lowest BCUT2D eigenvalue weighted by Crippen LogP contribution is -2.38. The fourth-order valence-electron chi connectivity index (χ4n) is 4.36. The van der Waals surface area contributed by atoms with Gasteiger partial charge in [0.05, 0.1) is 30.2 Å². The number of anilines is 1. The molecule has 7 heteroatoms. The van der Waals surface area contributed by atoms with E-state index < -0.39 is 0 Å². The lowest BCUT2D eigenvalue weighted by molar-refractivity contribution is 0.109. The topological polar surface area (TPSA) is 84.0 Å². The molecule has 7 nitrogen and oxygen atoms in total. The van der Waals surface area contributed by atoms with Gasteiger partial charge in [0, 0.05) is 43.6 Å². The van der Waals surface area contributed by atoms with Crippen LogP contribution in [0.5, 0.6) is 0 Å². The third-order valence-electron chi connectivity index (χ3n) is 6.26. The summed E-state index contributed by atoms with van der Waals surface area (Å²) in [6, 6.07) is 7.80. The first-order chi connectivity index (χ1) is 14.2. The van der Waals surface area contributed by atoms with Crippen LogP contribution in [0.15, 0.2) is 23.0 Å². The minimum absolute atomic E-state index is 0.0119. The standard InChI is InChI=1S/C22H25N5O2/c23-12-17-11-18-14-29-10-7-19(18)24-22(17)26-8-5-15(6-9-26)13-27-21(28)4-3-20(25-27)16-1-2-16/h3-4,11,15-16H,1-2,5-10,13-14H2. The van der Waals surface area contributed by atoms with Gasteiger partial charge in [-0.1, -0.05) is 0 Å². The molecule has 2 fully saturated rings. The Morgan fingerprint density at radius 3 is 2.79 bits per heavy atom. The van der Waals surface area contributed by atoms with Crippen molar-refractivity contribution in [1.29, 1.82) is 5.26 Å². The molecular weight excluding hydrogens is 366 g/mol. The van der Waals surface area contributed by atoms with Gasteiger partial charge in [-0.3, -0.25) is 4.79 Å². The molecule has 0 aromatic carbocycles. The third kappa shape index (κ3) is 3.77. The first kappa shape index (κ1) is 18.3. The number of pyridine rings is 1. The molecule has 1 aliphatic carbocycles. The molecule has 29 heavy (non-hydrogen) atoms. The first-order valence-electron chi connectivity index (χ1n) is 10.5. The van der Waals surface area contributed by atoms with Crippen LogP contribution in [-0.2, 0) is 24.3 Å². The van der Waals surface area contributed by atoms with E-state index in [2.05, 4.69) is 16.1 Å². The van der Waals surface area contributed by atoms with Crippen LogP contribution in [-0.4, -0.2) is 34.5 Å². The van der Waals surface area contributed by atoms with E-state index in [9.17, 15) is 10.1 Å². The zero-order valence-electron chi connectivity index (χ0n) is 16.5. The second kappa shape index (κ2) is 7.60. The molecule has 0 spiro atoms. The van der Waals surface area contributed by atoms with Gasteiger partial charge in [0.15, 0.2) is 0 Å². The lowest BCUT2D eigenvalue weighted by atomic mass is 9.96. The lowest BCUT2D eigenvalue weighted by Gasteiger charge is -2.34. The van der Waals surface area contributed by atoms with E-state index in [0.29, 0.717) is 37.2 Å². The predicted molar refractivity (Wildman–Crippen MR) is 108 cm³/mol. The number of nitrogens with zero attached hydrogens (tertiary/aromatic N) is 5. The van der Waals surface area contributed by atoms with Gasteiger partial charge in [-0.25, -0.2) is 9.67 Å². The monoisotopic (exact) mass is 391 g/mol. The van der Waals surface area contributed by atoms with Gasteiger partial charge < -0.3 is 9.64 Å². The summed E-state index contributed by atoms with van der Waals surface area (Å²) in [5.41, 5.74) is 3.76. The summed E-state index contributed by atoms with van der Waals surface area (Å²) in [4.78, 5) is 19.3. The number of hydrogen-bond acceptors (Lipinski definition) is 6. The van der Waals surface area contributed by atoms with Crippen molar-refractivity contribution in [2.24, 2.45) is 5.92 Å². The fourth-order valence-corrected chi connectivity index (χ4v) is 4.36. The zero-order chi connectivity index (χ0) is 19.8. The van der Waals surface area contributed by atoms with Crippen molar-refractivity contribution in [3.63, 3.8) is 0 Å². The molecule has 0 N–H and O–H groups in total. The molecule has 0 amide bonds. The molecule has 4 heterocycles. The highest BCUT2D eigenvalue weighted by molar-refractivity contribution is 5.56. The summed E-state index contributed by atoms with van der Waals surface area (Å²) in [7, 11) is 0. The van der Waals surface area contributed by atoms with Crippen molar-refractivity contribution in [2.45, 2.75) is 51.2 Å². The second-order valence-electron chi connectivity index (χ2n) is 8.36. The molecule has 2 aromatic rings. The average molecular weight is 391 g/mol. The molecule has 0 unspecified atom stereocenters. The number of fused-ring (bicyclic) bond motifs is 1. The van der Waals surface area contributed by atoms with E-state index in [1.807, 2.05) is 12.1 Å². The molecule has 5 rings (SSSR count). The van der Waals surface area contributed by atoms with Gasteiger partial charge in [0.25, 0.3) is 5.56 Å². The minimum atomic E-state index is -0.0119. The predicted octanol–water partition coefficient (Wildman–Crippen LogP) is 2.38. The van der Waals surface area contributed by atoms with Crippen LogP contribution in [0.2, 0.25) is 0 Å². The Labute approximate surface area is 169 Å². The van der Waals surface area contributed by atoms with Crippen LogP contribution in [0, 0.1) is 17.2 Å². The molecule has 2 aromatic heterocycles. The number of ether oxygens (including phenoxy) is 1. The Morgan fingerprint density at radius 1 is 1.21 bits per heavy atom. The molecule has 2 aliphatic heterocycles. The third-order valence-corrected chi connectivity index (χ3v) is 6.26. The zero-order valence-corrected chi connectivity index (χ0v) is 16.5. The van der Waals surface area contributed by atoms with Gasteiger partial charge >= 0.3 is 0 Å². The largest absolute Gasteiger partial charge is 0.376 e. The highest BCUT2D eigenvalue weighted by Crippen LogP contribution is 2.38. The molecule has 3 aliphatic rings. The van der Waals surface area contributed by atoms with E-state index in [-0.39, 0.29) is 5.56 Å². The Hall–Kier alpha value is -2.72. The maximum Gasteiger partial charge on any atom is 0.266 e. The van der Waals surface area contributed by atoms with Crippen LogP contribution >= 0.6 is 0 Å². The van der Waals surface area contributed by atoms with E-state index in [1.54, 1.807) is 10.7 Å². The number of aromatic nitrogens is 3. The van der Waals surface area contributed by atoms with Gasteiger partial charge in [-0.05, 0) is 43.7 Å². The van der Waals surface area contributed by atoms with Gasteiger partial charge in [-0.15, -0.1) is 0 Å². The van der Waals surface area contributed by atoms with Gasteiger partial charge in [0.1, 0.15) is 11.9 Å². The number of piperidine rings is 1. The van der Waals surface area contributed by atoms with Crippen LogP contribution < -0.4 is 10.5 Å². The van der Waals surface area contributed by atoms with Crippen molar-refractivity contribution in [3.8, 4) is 6.07 Å². The molecule has 0 atom stereocenters. The maximum atomic E-state index is 12.2. The molecule has 1 saturated carbocycles. The highest BCUT2D eigenvalue weighted by atomic mass is 16.5. The van der Waals surface area contributed by atoms with Crippen molar-refractivity contribution in [1.82, 2.24) is 14.8 Å². The Morgan fingerprint density at radius 2 is 2.03 bits per heavy atom. The van der Waals surface area contributed by atoms with Crippen LogP contribution in [0.25, 0.3) is 0 Å². The van der Waals surface area contributed by atoms with Crippen LogP contribution in [0.3, 0.4) is 0 Å². The summed E-state index contributed by atoms with van der Waals surface area (Å²) >= 11 is 0. The number of nitriles is 1. The van der Waals surface area contributed by atoms with Crippen molar-refractivity contribution < 1.29 is 4.74 Å². The Bertz CT molecular complexity index is 1010. The van der Waals surface area contributed by atoms with Crippen LogP contribution in [0.4, 0.5) is 5.82 Å². The summed E-state index contributed by atoms with van der Waals surface area (Å²) in [5.74, 6) is 1.77. The van der Waals surface area contributed by atoms with E-state index in [1.165, 1.54) is 12.8 Å². The molecule has 150 valence electrons. The Kier molecular flexibility index (Phi) is 4.80. The second-order valence-corrected chi connectivity index (χ2v) is 8.36. The summed E-state index contributed by atoms with van der Waals surface area (Å²) < 4.78 is 7.15. The van der Waals surface area contributed by atoms with Crippen LogP contribution in [0.1, 0.15) is 54.1 Å². The Balaban J connectivity index is 1.28. The van der Waals surface area contributed by atoms with Crippen molar-refractivity contribution in [2.75, 3.05) is 24.6 Å². The molecule has 0 bridgehead atoms. The van der Waals surface area contributed by atoms with Gasteiger partial charge in [0.2, 0.25) is 0 Å². The summed E-state index contributed by atoms with van der Waals surface area (Å²) in [6.45, 7) is 3.60. The van der Waals surface area contributed by atoms with Gasteiger partial charge in [-0.2, -0.15) is 10.4 Å². The molecule has 1 saturated heterocycles. The molecular formula is C22H25N5O2. The maximum absolute atomic E-state index is 12.2. The average Bonchev–Trinajstić information content (AvgIpc) is 3.60. The van der Waals surface area contributed by atoms with E-state index in [4.69, 9.17) is 9.72 Å². The first-order valence-corrected chi connectivity index (χ1v) is 10.5. The summed E-state index contributed by atoms with van der Waals surface area (Å²) in [6.07, 6.45) is 5.11. The highest BCUT2D eigenvalue weighted by Gasteiger charge is 2.27. The van der Waals surface area contributed by atoms with E-state index in [0.717, 1.165) is 55.1 Å². The SMILES string of the molecule is N#Cc1cc2c(nc1N1CCC(Cn3nc(C4CC4)ccc3=O)CC1)CCOC2. The smallest absolute Gasteiger partial charge is 0.266 e. The number of rotatable bonds is 4. The van der Waals surface area contributed by atoms with Crippen molar-refractivity contribution in [3.05, 3.63) is 51.1 Å².